The lowest BCUT2D eigenvalue weighted by atomic mass is 10.3. The maximum Gasteiger partial charge on any atom is 0.0499 e. The van der Waals surface area contributed by atoms with E-state index in [1.165, 1.54) is 10.4 Å². The van der Waals surface area contributed by atoms with Gasteiger partial charge >= 0.3 is 0 Å². The van der Waals surface area contributed by atoms with Crippen LogP contribution in [0, 0.1) is 0 Å². The standard InChI is InChI=1S/C7H7NS.ClH/c8-6-4-9-7-3-1-2-5(6)7;/h1-2,4H,3,8H2;1H. The maximum absolute atomic E-state index is 5.65. The van der Waals surface area contributed by atoms with Gasteiger partial charge in [-0.3, -0.25) is 0 Å². The predicted molar refractivity (Wildman–Crippen MR) is 48.7 cm³/mol. The van der Waals surface area contributed by atoms with Crippen LogP contribution >= 0.6 is 23.7 Å². The highest BCUT2D eigenvalue weighted by atomic mass is 35.5. The highest BCUT2D eigenvalue weighted by Gasteiger charge is 2.08. The molecule has 0 saturated heterocycles. The van der Waals surface area contributed by atoms with Crippen molar-refractivity contribution in [2.45, 2.75) is 6.42 Å². The minimum absolute atomic E-state index is 0. The Morgan fingerprint density at radius 1 is 1.50 bits per heavy atom. The van der Waals surface area contributed by atoms with Crippen molar-refractivity contribution >= 4 is 35.5 Å². The minimum atomic E-state index is 0. The van der Waals surface area contributed by atoms with Crippen LogP contribution in [0.2, 0.25) is 0 Å². The highest BCUT2D eigenvalue weighted by molar-refractivity contribution is 7.10. The van der Waals surface area contributed by atoms with Gasteiger partial charge in [-0.2, -0.15) is 0 Å². The quantitative estimate of drug-likeness (QED) is 0.641. The number of allylic oxidation sites excluding steroid dienone is 1. The van der Waals surface area contributed by atoms with Gasteiger partial charge in [-0.05, 0) is 0 Å². The molecule has 2 rings (SSSR count). The summed E-state index contributed by atoms with van der Waals surface area (Å²) in [4.78, 5) is 1.41. The van der Waals surface area contributed by atoms with Crippen LogP contribution in [0.15, 0.2) is 11.5 Å². The van der Waals surface area contributed by atoms with Gasteiger partial charge in [0.05, 0.1) is 0 Å². The fourth-order valence-corrected chi connectivity index (χ4v) is 1.96. The largest absolute Gasteiger partial charge is 0.398 e. The summed E-state index contributed by atoms with van der Waals surface area (Å²) in [6, 6.07) is 0. The molecule has 0 spiro atoms. The van der Waals surface area contributed by atoms with Gasteiger partial charge in [0.2, 0.25) is 0 Å². The second kappa shape index (κ2) is 2.64. The van der Waals surface area contributed by atoms with E-state index < -0.39 is 0 Å². The van der Waals surface area contributed by atoms with E-state index in [4.69, 9.17) is 5.73 Å². The lowest BCUT2D eigenvalue weighted by Gasteiger charge is -1.85. The molecule has 0 aliphatic heterocycles. The Morgan fingerprint density at radius 2 is 2.30 bits per heavy atom. The van der Waals surface area contributed by atoms with E-state index in [1.54, 1.807) is 11.3 Å². The van der Waals surface area contributed by atoms with E-state index in [1.807, 2.05) is 5.38 Å². The van der Waals surface area contributed by atoms with E-state index in [-0.39, 0.29) is 12.4 Å². The molecule has 0 atom stereocenters. The number of halogens is 1. The first-order valence-electron chi connectivity index (χ1n) is 2.90. The molecular formula is C7H8ClNS. The molecule has 0 bridgehead atoms. The third-order valence-corrected chi connectivity index (χ3v) is 2.57. The molecule has 0 saturated carbocycles. The molecule has 1 aliphatic rings. The molecule has 0 fully saturated rings. The van der Waals surface area contributed by atoms with E-state index in [9.17, 15) is 0 Å². The third kappa shape index (κ3) is 0.935. The van der Waals surface area contributed by atoms with Crippen molar-refractivity contribution in [3.8, 4) is 0 Å². The van der Waals surface area contributed by atoms with Crippen molar-refractivity contribution in [1.29, 1.82) is 0 Å². The summed E-state index contributed by atoms with van der Waals surface area (Å²) in [5.41, 5.74) is 7.84. The second-order valence-corrected chi connectivity index (χ2v) is 3.10. The van der Waals surface area contributed by atoms with Crippen LogP contribution in [0.5, 0.6) is 0 Å². The van der Waals surface area contributed by atoms with Crippen LogP contribution in [0.25, 0.3) is 6.08 Å². The molecule has 0 amide bonds. The molecule has 54 valence electrons. The third-order valence-electron chi connectivity index (χ3n) is 1.53. The summed E-state index contributed by atoms with van der Waals surface area (Å²) in [6.07, 6.45) is 5.33. The monoisotopic (exact) mass is 173 g/mol. The first-order valence-corrected chi connectivity index (χ1v) is 3.78. The average Bonchev–Trinajstić information content (AvgIpc) is 2.35. The zero-order valence-electron chi connectivity index (χ0n) is 5.33. The van der Waals surface area contributed by atoms with Crippen LogP contribution in [-0.2, 0) is 6.42 Å². The number of fused-ring (bicyclic) bond motifs is 1. The zero-order chi connectivity index (χ0) is 6.27. The van der Waals surface area contributed by atoms with Crippen LogP contribution in [0.4, 0.5) is 5.69 Å². The van der Waals surface area contributed by atoms with E-state index in [2.05, 4.69) is 12.2 Å². The first-order chi connectivity index (χ1) is 4.38. The Morgan fingerprint density at radius 3 is 3.00 bits per heavy atom. The molecule has 2 N–H and O–H groups in total. The molecule has 10 heavy (non-hydrogen) atoms. The number of nitrogens with two attached hydrogens (primary N) is 1. The topological polar surface area (TPSA) is 26.0 Å². The smallest absolute Gasteiger partial charge is 0.0499 e. The number of anilines is 1. The molecule has 1 heterocycles. The fraction of sp³-hybridized carbons (Fsp3) is 0.143. The summed E-state index contributed by atoms with van der Waals surface area (Å²) in [5, 5.41) is 2.01. The number of rotatable bonds is 0. The molecule has 1 aliphatic carbocycles. The highest BCUT2D eigenvalue weighted by Crippen LogP contribution is 2.30. The van der Waals surface area contributed by atoms with E-state index in [0.29, 0.717) is 0 Å². The normalized spacial score (nSPS) is 12.8. The average molecular weight is 174 g/mol. The van der Waals surface area contributed by atoms with Gasteiger partial charge in [0, 0.05) is 27.9 Å². The maximum atomic E-state index is 5.65. The van der Waals surface area contributed by atoms with Gasteiger partial charge in [0.25, 0.3) is 0 Å². The van der Waals surface area contributed by atoms with Crippen molar-refractivity contribution in [2.75, 3.05) is 5.73 Å². The summed E-state index contributed by atoms with van der Waals surface area (Å²) < 4.78 is 0. The molecule has 1 nitrogen and oxygen atoms in total. The SMILES string of the molecule is Cl.Nc1csc2c1C=CC2. The zero-order valence-corrected chi connectivity index (χ0v) is 6.97. The van der Waals surface area contributed by atoms with E-state index in [0.717, 1.165) is 12.1 Å². The minimum Gasteiger partial charge on any atom is -0.398 e. The molecule has 1 aromatic heterocycles. The number of nitrogen functional groups attached to an aromatic ring is 1. The van der Waals surface area contributed by atoms with Crippen molar-refractivity contribution in [3.63, 3.8) is 0 Å². The molecule has 0 unspecified atom stereocenters. The van der Waals surface area contributed by atoms with Gasteiger partial charge in [0.1, 0.15) is 0 Å². The molecular weight excluding hydrogens is 166 g/mol. The number of hydrogen-bond acceptors (Lipinski definition) is 2. The Hall–Kier alpha value is -0.470. The summed E-state index contributed by atoms with van der Waals surface area (Å²) >= 11 is 1.75. The Bertz CT molecular complexity index is 265. The van der Waals surface area contributed by atoms with E-state index >= 15 is 0 Å². The molecule has 0 aromatic carbocycles. The second-order valence-electron chi connectivity index (χ2n) is 2.13. The van der Waals surface area contributed by atoms with Crippen molar-refractivity contribution in [3.05, 3.63) is 21.9 Å². The molecule has 1 aromatic rings. The number of thiophene rings is 1. The Kier molecular flexibility index (Phi) is 2.02. The van der Waals surface area contributed by atoms with Crippen molar-refractivity contribution in [2.24, 2.45) is 0 Å². The van der Waals surface area contributed by atoms with Crippen LogP contribution in [0.1, 0.15) is 10.4 Å². The molecule has 0 radical (unpaired) electrons. The van der Waals surface area contributed by atoms with Crippen LogP contribution in [-0.4, -0.2) is 0 Å². The van der Waals surface area contributed by atoms with Crippen molar-refractivity contribution in [1.82, 2.24) is 0 Å². The Labute approximate surface area is 70.0 Å². The Balaban J connectivity index is 0.000000500. The van der Waals surface area contributed by atoms with Crippen LogP contribution in [0.3, 0.4) is 0 Å². The van der Waals surface area contributed by atoms with Gasteiger partial charge in [-0.25, -0.2) is 0 Å². The lowest BCUT2D eigenvalue weighted by molar-refractivity contribution is 1.40. The van der Waals surface area contributed by atoms with Crippen molar-refractivity contribution < 1.29 is 0 Å². The summed E-state index contributed by atoms with van der Waals surface area (Å²) in [6.45, 7) is 0. The van der Waals surface area contributed by atoms with Gasteiger partial charge in [-0.1, -0.05) is 12.2 Å². The summed E-state index contributed by atoms with van der Waals surface area (Å²) in [5.74, 6) is 0. The lowest BCUT2D eigenvalue weighted by Crippen LogP contribution is -1.82. The fourth-order valence-electron chi connectivity index (χ4n) is 1.05. The first kappa shape index (κ1) is 7.63. The number of hydrogen-bond donors (Lipinski definition) is 1. The molecule has 3 heteroatoms. The van der Waals surface area contributed by atoms with Gasteiger partial charge in [-0.15, -0.1) is 23.7 Å². The van der Waals surface area contributed by atoms with Gasteiger partial charge in [0.15, 0.2) is 0 Å². The predicted octanol–water partition coefficient (Wildman–Crippen LogP) is 2.32. The van der Waals surface area contributed by atoms with Crippen LogP contribution < -0.4 is 5.73 Å². The summed E-state index contributed by atoms with van der Waals surface area (Å²) in [7, 11) is 0. The van der Waals surface area contributed by atoms with Gasteiger partial charge < -0.3 is 5.73 Å².